The van der Waals surface area contributed by atoms with Gasteiger partial charge in [-0.15, -0.1) is 0 Å². The molecule has 2 amide bonds. The van der Waals surface area contributed by atoms with Crippen LogP contribution in [0, 0.1) is 0 Å². The Morgan fingerprint density at radius 1 is 1.20 bits per heavy atom. The first-order chi connectivity index (χ1) is 14.5. The van der Waals surface area contributed by atoms with Crippen LogP contribution in [-0.2, 0) is 16.0 Å². The van der Waals surface area contributed by atoms with Crippen LogP contribution in [0.5, 0.6) is 11.5 Å². The number of H-pyrrole nitrogens is 1. The number of aromatic amines is 1. The van der Waals surface area contributed by atoms with Crippen molar-refractivity contribution in [1.82, 2.24) is 15.3 Å². The van der Waals surface area contributed by atoms with E-state index in [0.717, 1.165) is 35.3 Å². The van der Waals surface area contributed by atoms with Gasteiger partial charge in [-0.1, -0.05) is 18.2 Å². The van der Waals surface area contributed by atoms with Gasteiger partial charge in [-0.25, -0.2) is 4.98 Å². The van der Waals surface area contributed by atoms with Crippen molar-refractivity contribution in [2.24, 2.45) is 5.73 Å². The second-order valence-corrected chi connectivity index (χ2v) is 6.59. The van der Waals surface area contributed by atoms with E-state index in [1.807, 2.05) is 24.3 Å². The molecule has 0 atom stereocenters. The molecule has 8 nitrogen and oxygen atoms in total. The number of nitrogens with one attached hydrogen (secondary N) is 2. The maximum absolute atomic E-state index is 12.0. The van der Waals surface area contributed by atoms with Gasteiger partial charge in [-0.2, -0.15) is 0 Å². The van der Waals surface area contributed by atoms with E-state index in [2.05, 4.69) is 15.3 Å². The quantitative estimate of drug-likeness (QED) is 0.351. The van der Waals surface area contributed by atoms with Crippen molar-refractivity contribution < 1.29 is 19.1 Å². The highest BCUT2D eigenvalue weighted by Crippen LogP contribution is 2.28. The molecule has 3 aromatic rings. The van der Waals surface area contributed by atoms with E-state index in [4.69, 9.17) is 15.2 Å². The summed E-state index contributed by atoms with van der Waals surface area (Å²) < 4.78 is 10.5. The molecule has 3 rings (SSSR count). The maximum Gasteiger partial charge on any atom is 0.255 e. The molecule has 0 aliphatic heterocycles. The number of carbonyl (C=O) groups excluding carboxylic acids is 2. The number of benzene rings is 2. The Kier molecular flexibility index (Phi) is 7.05. The number of para-hydroxylation sites is 2. The number of carbonyl (C=O) groups is 2. The highest BCUT2D eigenvalue weighted by Gasteiger charge is 2.07. The highest BCUT2D eigenvalue weighted by molar-refractivity contribution is 5.91. The summed E-state index contributed by atoms with van der Waals surface area (Å²) in [5.41, 5.74) is 7.80. The molecule has 156 valence electrons. The molecule has 1 heterocycles. The number of nitrogens with two attached hydrogens (primary N) is 1. The summed E-state index contributed by atoms with van der Waals surface area (Å²) in [5, 5.41) is 2.85. The molecule has 0 aliphatic rings. The minimum absolute atomic E-state index is 0.187. The molecule has 0 bridgehead atoms. The summed E-state index contributed by atoms with van der Waals surface area (Å²) in [6, 6.07) is 13.0. The van der Waals surface area contributed by atoms with Gasteiger partial charge in [0.05, 0.1) is 18.1 Å². The highest BCUT2D eigenvalue weighted by atomic mass is 16.5. The Bertz CT molecular complexity index is 1030. The van der Waals surface area contributed by atoms with E-state index in [1.54, 1.807) is 24.3 Å². The van der Waals surface area contributed by atoms with Gasteiger partial charge < -0.3 is 25.5 Å². The van der Waals surface area contributed by atoms with Gasteiger partial charge in [-0.05, 0) is 42.3 Å². The second kappa shape index (κ2) is 10.1. The van der Waals surface area contributed by atoms with Gasteiger partial charge in [-0.3, -0.25) is 9.59 Å². The van der Waals surface area contributed by atoms with Crippen LogP contribution in [0.15, 0.2) is 48.5 Å². The third-order valence-corrected chi connectivity index (χ3v) is 4.31. The molecule has 0 aliphatic carbocycles. The molecule has 0 saturated heterocycles. The van der Waals surface area contributed by atoms with Gasteiger partial charge in [0.15, 0.2) is 18.1 Å². The first kappa shape index (κ1) is 20.9. The summed E-state index contributed by atoms with van der Waals surface area (Å²) in [7, 11) is 1.49. The van der Waals surface area contributed by atoms with E-state index in [0.29, 0.717) is 18.0 Å². The average Bonchev–Trinajstić information content (AvgIpc) is 3.16. The van der Waals surface area contributed by atoms with Crippen LogP contribution in [0.2, 0.25) is 0 Å². The summed E-state index contributed by atoms with van der Waals surface area (Å²) in [6.07, 6.45) is 4.66. The predicted octanol–water partition coefficient (Wildman–Crippen LogP) is 2.20. The van der Waals surface area contributed by atoms with Gasteiger partial charge in [0.2, 0.25) is 5.91 Å². The molecule has 1 aromatic heterocycles. The number of aromatic nitrogens is 2. The van der Waals surface area contributed by atoms with Crippen LogP contribution in [0.3, 0.4) is 0 Å². The number of imidazole rings is 1. The van der Waals surface area contributed by atoms with E-state index in [-0.39, 0.29) is 12.5 Å². The lowest BCUT2D eigenvalue weighted by molar-refractivity contribution is -0.120. The first-order valence-electron chi connectivity index (χ1n) is 9.54. The van der Waals surface area contributed by atoms with Crippen molar-refractivity contribution in [3.05, 3.63) is 59.9 Å². The smallest absolute Gasteiger partial charge is 0.255 e. The number of nitrogens with zero attached hydrogens (tertiary/aromatic N) is 1. The Hall–Kier alpha value is -3.81. The predicted molar refractivity (Wildman–Crippen MR) is 114 cm³/mol. The van der Waals surface area contributed by atoms with Crippen LogP contribution < -0.4 is 20.5 Å². The third kappa shape index (κ3) is 5.84. The minimum atomic E-state index is -0.571. The molecule has 0 spiro atoms. The van der Waals surface area contributed by atoms with E-state index < -0.39 is 5.91 Å². The van der Waals surface area contributed by atoms with Crippen LogP contribution in [0.25, 0.3) is 17.1 Å². The average molecular weight is 408 g/mol. The van der Waals surface area contributed by atoms with Crippen LogP contribution >= 0.6 is 0 Å². The van der Waals surface area contributed by atoms with Crippen LogP contribution in [-0.4, -0.2) is 42.0 Å². The van der Waals surface area contributed by atoms with Crippen molar-refractivity contribution >= 4 is 28.9 Å². The van der Waals surface area contributed by atoms with E-state index in [9.17, 15) is 9.59 Å². The third-order valence-electron chi connectivity index (χ3n) is 4.31. The molecule has 2 aromatic carbocycles. The van der Waals surface area contributed by atoms with E-state index in [1.165, 1.54) is 13.2 Å². The fraction of sp³-hybridized carbons (Fsp3) is 0.227. The maximum atomic E-state index is 12.0. The molecule has 0 radical (unpaired) electrons. The number of hydrogen-bond donors (Lipinski definition) is 3. The van der Waals surface area contributed by atoms with Gasteiger partial charge in [0, 0.05) is 19.0 Å². The standard InChI is InChI=1S/C22H24N4O4/c1-29-19-13-15(8-10-18(19)30-14-20(23)27)9-11-22(28)24-12-4-7-21-25-16-5-2-3-6-17(16)26-21/h2-3,5-6,8-11,13H,4,7,12,14H2,1H3,(H2,23,27)(H,24,28)(H,25,26)/b11-9+. The zero-order chi connectivity index (χ0) is 21.3. The Morgan fingerprint density at radius 2 is 2.03 bits per heavy atom. The molecule has 30 heavy (non-hydrogen) atoms. The summed E-state index contributed by atoms with van der Waals surface area (Å²) in [6.45, 7) is 0.311. The Morgan fingerprint density at radius 3 is 2.80 bits per heavy atom. The molecular weight excluding hydrogens is 384 g/mol. The van der Waals surface area contributed by atoms with Gasteiger partial charge in [0.25, 0.3) is 5.91 Å². The normalized spacial score (nSPS) is 11.0. The Balaban J connectivity index is 1.46. The molecular formula is C22H24N4O4. The number of fused-ring (bicyclic) bond motifs is 1. The van der Waals surface area contributed by atoms with Crippen molar-refractivity contribution in [3.8, 4) is 11.5 Å². The zero-order valence-electron chi connectivity index (χ0n) is 16.7. The van der Waals surface area contributed by atoms with Crippen molar-refractivity contribution in [3.63, 3.8) is 0 Å². The zero-order valence-corrected chi connectivity index (χ0v) is 16.7. The topological polar surface area (TPSA) is 119 Å². The fourth-order valence-corrected chi connectivity index (χ4v) is 2.88. The number of hydrogen-bond acceptors (Lipinski definition) is 5. The van der Waals surface area contributed by atoms with E-state index >= 15 is 0 Å². The van der Waals surface area contributed by atoms with Gasteiger partial charge in [0.1, 0.15) is 5.82 Å². The lowest BCUT2D eigenvalue weighted by Gasteiger charge is -2.10. The summed E-state index contributed by atoms with van der Waals surface area (Å²) in [5.74, 6) is 1.01. The first-order valence-corrected chi connectivity index (χ1v) is 9.54. The minimum Gasteiger partial charge on any atom is -0.493 e. The number of primary amides is 1. The lowest BCUT2D eigenvalue weighted by Crippen LogP contribution is -2.22. The van der Waals surface area contributed by atoms with Crippen molar-refractivity contribution in [1.29, 1.82) is 0 Å². The monoisotopic (exact) mass is 408 g/mol. The summed E-state index contributed by atoms with van der Waals surface area (Å²) >= 11 is 0. The number of amides is 2. The lowest BCUT2D eigenvalue weighted by atomic mass is 10.2. The Labute approximate surface area is 174 Å². The number of ether oxygens (including phenoxy) is 2. The van der Waals surface area contributed by atoms with Crippen molar-refractivity contribution in [2.75, 3.05) is 20.3 Å². The van der Waals surface area contributed by atoms with Crippen LogP contribution in [0.4, 0.5) is 0 Å². The molecule has 0 fully saturated rings. The molecule has 0 unspecified atom stereocenters. The summed E-state index contributed by atoms with van der Waals surface area (Å²) in [4.78, 5) is 30.7. The largest absolute Gasteiger partial charge is 0.493 e. The van der Waals surface area contributed by atoms with Crippen LogP contribution in [0.1, 0.15) is 17.8 Å². The molecule has 4 N–H and O–H groups in total. The number of methoxy groups -OCH3 is 1. The SMILES string of the molecule is COc1cc(/C=C/C(=O)NCCCc2nc3ccccc3[nH]2)ccc1OCC(N)=O. The fourth-order valence-electron chi connectivity index (χ4n) is 2.88. The van der Waals surface area contributed by atoms with Crippen molar-refractivity contribution in [2.45, 2.75) is 12.8 Å². The molecule has 0 saturated carbocycles. The molecule has 8 heteroatoms. The van der Waals surface area contributed by atoms with Gasteiger partial charge >= 0.3 is 0 Å². The second-order valence-electron chi connectivity index (χ2n) is 6.59. The number of aryl methyl sites for hydroxylation is 1. The number of rotatable bonds is 10.